The Morgan fingerprint density at radius 3 is 2.65 bits per heavy atom. The highest BCUT2D eigenvalue weighted by molar-refractivity contribution is 7.89. The fourth-order valence-electron chi connectivity index (χ4n) is 1.74. The van der Waals surface area contributed by atoms with Gasteiger partial charge in [0.15, 0.2) is 0 Å². The average molecular weight is 296 g/mol. The van der Waals surface area contributed by atoms with Crippen LogP contribution in [0.3, 0.4) is 0 Å². The molecule has 1 N–H and O–H groups in total. The zero-order valence-corrected chi connectivity index (χ0v) is 11.1. The molecule has 0 bridgehead atoms. The number of β-amino-alcohol motifs (C(OH)–C–C–N with tert-alkyl or cyclic N) is 1. The number of sulfonamides is 1. The van der Waals surface area contributed by atoms with Crippen LogP contribution in [0.15, 0.2) is 23.1 Å². The van der Waals surface area contributed by atoms with Gasteiger partial charge < -0.3 is 5.11 Å². The van der Waals surface area contributed by atoms with Gasteiger partial charge in [0.25, 0.3) is 0 Å². The van der Waals surface area contributed by atoms with Gasteiger partial charge in [0.2, 0.25) is 10.0 Å². The van der Waals surface area contributed by atoms with Crippen LogP contribution in [-0.2, 0) is 10.0 Å². The van der Waals surface area contributed by atoms with Gasteiger partial charge in [-0.25, -0.2) is 8.42 Å². The number of benzene rings is 1. The van der Waals surface area contributed by atoms with Crippen LogP contribution in [-0.4, -0.2) is 37.0 Å². The zero-order chi connectivity index (χ0) is 12.6. The minimum atomic E-state index is -3.67. The summed E-state index contributed by atoms with van der Waals surface area (Å²) in [6.07, 6.45) is -0.167. The number of nitrogens with zero attached hydrogens (tertiary/aromatic N) is 1. The second-order valence-corrected chi connectivity index (χ2v) is 6.63. The summed E-state index contributed by atoms with van der Waals surface area (Å²) in [7, 11) is -3.67. The third kappa shape index (κ3) is 2.58. The molecule has 0 saturated carbocycles. The molecule has 0 unspecified atom stereocenters. The first kappa shape index (κ1) is 13.1. The van der Waals surface area contributed by atoms with E-state index in [0.717, 1.165) is 0 Å². The number of rotatable bonds is 2. The molecule has 1 aliphatic heterocycles. The Morgan fingerprint density at radius 1 is 1.35 bits per heavy atom. The lowest BCUT2D eigenvalue weighted by atomic mass is 10.3. The summed E-state index contributed by atoms with van der Waals surface area (Å²) in [5, 5.41) is 9.82. The summed E-state index contributed by atoms with van der Waals surface area (Å²) in [5.41, 5.74) is 0. The molecular formula is C10H11Cl2NO3S. The fourth-order valence-corrected chi connectivity index (χ4v) is 3.97. The fraction of sp³-hybridized carbons (Fsp3) is 0.400. The highest BCUT2D eigenvalue weighted by atomic mass is 35.5. The van der Waals surface area contributed by atoms with Gasteiger partial charge in [-0.1, -0.05) is 23.2 Å². The van der Waals surface area contributed by atoms with E-state index >= 15 is 0 Å². The lowest BCUT2D eigenvalue weighted by Crippen LogP contribution is -2.29. The smallest absolute Gasteiger partial charge is 0.244 e. The summed E-state index contributed by atoms with van der Waals surface area (Å²) < 4.78 is 25.7. The van der Waals surface area contributed by atoms with Gasteiger partial charge in [0, 0.05) is 18.1 Å². The molecule has 1 atom stereocenters. The molecule has 7 heteroatoms. The highest BCUT2D eigenvalue weighted by Gasteiger charge is 2.32. The van der Waals surface area contributed by atoms with Crippen LogP contribution >= 0.6 is 23.2 Å². The van der Waals surface area contributed by atoms with E-state index in [2.05, 4.69) is 0 Å². The summed E-state index contributed by atoms with van der Waals surface area (Å²) in [6.45, 7) is 0.400. The predicted octanol–water partition coefficient (Wildman–Crippen LogP) is 1.75. The van der Waals surface area contributed by atoms with Gasteiger partial charge in [0.1, 0.15) is 4.90 Å². The van der Waals surface area contributed by atoms with E-state index in [9.17, 15) is 13.5 Å². The molecule has 94 valence electrons. The Bertz CT molecular complexity index is 532. The highest BCUT2D eigenvalue weighted by Crippen LogP contribution is 2.29. The lowest BCUT2D eigenvalue weighted by molar-refractivity contribution is 0.189. The predicted molar refractivity (Wildman–Crippen MR) is 65.8 cm³/mol. The third-order valence-electron chi connectivity index (χ3n) is 2.64. The van der Waals surface area contributed by atoms with Crippen molar-refractivity contribution in [2.75, 3.05) is 13.1 Å². The van der Waals surface area contributed by atoms with Crippen molar-refractivity contribution in [1.82, 2.24) is 4.31 Å². The van der Waals surface area contributed by atoms with E-state index < -0.39 is 16.1 Å². The Hall–Kier alpha value is -0.330. The standard InChI is InChI=1S/C10H11Cl2NO3S/c11-7-1-2-9(12)10(5-7)17(15,16)13-4-3-8(14)6-13/h1-2,5,8,14H,3-4,6H2/t8-/m0/s1. The quantitative estimate of drug-likeness (QED) is 0.904. The molecule has 0 spiro atoms. The molecule has 1 aromatic carbocycles. The molecule has 2 rings (SSSR count). The molecule has 17 heavy (non-hydrogen) atoms. The minimum Gasteiger partial charge on any atom is -0.392 e. The van der Waals surface area contributed by atoms with Gasteiger partial charge >= 0.3 is 0 Å². The second kappa shape index (κ2) is 4.74. The van der Waals surface area contributed by atoms with Crippen LogP contribution in [0.1, 0.15) is 6.42 Å². The van der Waals surface area contributed by atoms with Crippen LogP contribution in [0.5, 0.6) is 0 Å². The second-order valence-electron chi connectivity index (χ2n) is 3.88. The Morgan fingerprint density at radius 2 is 2.06 bits per heavy atom. The van der Waals surface area contributed by atoms with Crippen LogP contribution in [0.2, 0.25) is 10.0 Å². The van der Waals surface area contributed by atoms with Crippen molar-refractivity contribution in [3.63, 3.8) is 0 Å². The van der Waals surface area contributed by atoms with Crippen molar-refractivity contribution < 1.29 is 13.5 Å². The van der Waals surface area contributed by atoms with Crippen molar-refractivity contribution in [2.45, 2.75) is 17.4 Å². The molecule has 0 aliphatic carbocycles. The van der Waals surface area contributed by atoms with Gasteiger partial charge in [-0.2, -0.15) is 4.31 Å². The van der Waals surface area contributed by atoms with Gasteiger partial charge in [-0.3, -0.25) is 0 Å². The zero-order valence-electron chi connectivity index (χ0n) is 8.81. The number of aliphatic hydroxyl groups excluding tert-OH is 1. The topological polar surface area (TPSA) is 57.6 Å². The van der Waals surface area contributed by atoms with Crippen LogP contribution in [0.25, 0.3) is 0 Å². The van der Waals surface area contributed by atoms with Crippen molar-refractivity contribution in [2.24, 2.45) is 0 Å². The van der Waals surface area contributed by atoms with Crippen LogP contribution < -0.4 is 0 Å². The first-order valence-electron chi connectivity index (χ1n) is 5.04. The van der Waals surface area contributed by atoms with Crippen molar-refractivity contribution in [3.8, 4) is 0 Å². The number of aliphatic hydroxyl groups is 1. The van der Waals surface area contributed by atoms with Gasteiger partial charge in [0.05, 0.1) is 11.1 Å². The first-order chi connectivity index (χ1) is 7.91. The molecule has 0 radical (unpaired) electrons. The van der Waals surface area contributed by atoms with E-state index in [1.54, 1.807) is 0 Å². The number of hydrogen-bond donors (Lipinski definition) is 1. The monoisotopic (exact) mass is 295 g/mol. The molecule has 1 aromatic rings. The molecule has 1 heterocycles. The van der Waals surface area contributed by atoms with Crippen molar-refractivity contribution in [3.05, 3.63) is 28.2 Å². The number of halogens is 2. The first-order valence-corrected chi connectivity index (χ1v) is 7.24. The van der Waals surface area contributed by atoms with E-state index in [-0.39, 0.29) is 16.5 Å². The SMILES string of the molecule is O=S(=O)(c1cc(Cl)ccc1Cl)N1CC[C@H](O)C1. The summed E-state index contributed by atoms with van der Waals surface area (Å²) >= 11 is 11.6. The summed E-state index contributed by atoms with van der Waals surface area (Å²) in [4.78, 5) is -0.0132. The Balaban J connectivity index is 2.41. The van der Waals surface area contributed by atoms with Crippen molar-refractivity contribution >= 4 is 33.2 Å². The Labute approximate surface area is 110 Å². The normalized spacial score (nSPS) is 21.9. The Kier molecular flexibility index (Phi) is 3.66. The number of hydrogen-bond acceptors (Lipinski definition) is 3. The molecular weight excluding hydrogens is 285 g/mol. The van der Waals surface area contributed by atoms with Crippen molar-refractivity contribution in [1.29, 1.82) is 0 Å². The maximum Gasteiger partial charge on any atom is 0.244 e. The van der Waals surface area contributed by atoms with Gasteiger partial charge in [-0.05, 0) is 24.6 Å². The molecule has 1 aliphatic rings. The maximum absolute atomic E-state index is 12.2. The maximum atomic E-state index is 12.2. The molecule has 0 aromatic heterocycles. The average Bonchev–Trinajstić information content (AvgIpc) is 2.69. The van der Waals surface area contributed by atoms with Gasteiger partial charge in [-0.15, -0.1) is 0 Å². The summed E-state index contributed by atoms with van der Waals surface area (Å²) in [5.74, 6) is 0. The van der Waals surface area contributed by atoms with E-state index in [4.69, 9.17) is 23.2 Å². The molecule has 1 fully saturated rings. The largest absolute Gasteiger partial charge is 0.392 e. The lowest BCUT2D eigenvalue weighted by Gasteiger charge is -2.16. The summed E-state index contributed by atoms with van der Waals surface area (Å²) in [6, 6.07) is 4.30. The minimum absolute atomic E-state index is 0.0132. The van der Waals surface area contributed by atoms with E-state index in [0.29, 0.717) is 18.0 Å². The van der Waals surface area contributed by atoms with Crippen LogP contribution in [0, 0.1) is 0 Å². The van der Waals surface area contributed by atoms with E-state index in [1.807, 2.05) is 0 Å². The molecule has 4 nitrogen and oxygen atoms in total. The van der Waals surface area contributed by atoms with Crippen LogP contribution in [0.4, 0.5) is 0 Å². The third-order valence-corrected chi connectivity index (χ3v) is 5.22. The molecule has 1 saturated heterocycles. The van der Waals surface area contributed by atoms with E-state index in [1.165, 1.54) is 22.5 Å². The molecule has 0 amide bonds.